The molecule has 0 saturated carbocycles. The van der Waals surface area contributed by atoms with E-state index in [4.69, 9.17) is 9.47 Å². The summed E-state index contributed by atoms with van der Waals surface area (Å²) in [4.78, 5) is 17.0. The van der Waals surface area contributed by atoms with Crippen molar-refractivity contribution >= 4 is 11.6 Å². The number of nitrogens with one attached hydrogen (secondary N) is 1. The molecule has 1 aromatic heterocycles. The highest BCUT2D eigenvalue weighted by molar-refractivity contribution is 6.00. The molecular weight excluding hydrogens is 437 g/mol. The molecule has 2 aromatic carbocycles. The molecule has 0 radical (unpaired) electrons. The van der Waals surface area contributed by atoms with Crippen molar-refractivity contribution in [3.8, 4) is 17.0 Å². The monoisotopic (exact) mass is 458 g/mol. The number of halogens is 3. The van der Waals surface area contributed by atoms with Crippen LogP contribution in [0.4, 0.5) is 18.9 Å². The number of hydrogen-bond acceptors (Lipinski definition) is 5. The second-order valence-electron chi connectivity index (χ2n) is 7.65. The Morgan fingerprint density at radius 3 is 2.42 bits per heavy atom. The Morgan fingerprint density at radius 2 is 1.85 bits per heavy atom. The van der Waals surface area contributed by atoms with Gasteiger partial charge in [-0.15, -0.1) is 0 Å². The zero-order valence-corrected chi connectivity index (χ0v) is 17.4. The number of aliphatic hydroxyl groups excluding tert-OH is 1. The predicted molar refractivity (Wildman–Crippen MR) is 115 cm³/mol. The Balaban J connectivity index is 1.54. The van der Waals surface area contributed by atoms with E-state index in [-0.39, 0.29) is 31.6 Å². The van der Waals surface area contributed by atoms with E-state index < -0.39 is 24.3 Å². The summed E-state index contributed by atoms with van der Waals surface area (Å²) in [5.74, 6) is -0.648. The fourth-order valence-corrected chi connectivity index (χ4v) is 3.58. The molecule has 2 N–H and O–H groups in total. The fraction of sp³-hybridized carbons (Fsp3) is 0.250. The summed E-state index contributed by atoms with van der Waals surface area (Å²) >= 11 is 0. The van der Waals surface area contributed by atoms with Gasteiger partial charge in [-0.1, -0.05) is 24.3 Å². The summed E-state index contributed by atoms with van der Waals surface area (Å²) in [6.07, 6.45) is -1.18. The van der Waals surface area contributed by atoms with Gasteiger partial charge in [0.05, 0.1) is 19.8 Å². The SMILES string of the molecule is O=C(Nc1ccc(F)cc1)C1(c2ccc(-c3cnc(OCC(F)F)cc3CO)cc2)COC1. The zero-order valence-electron chi connectivity index (χ0n) is 17.4. The van der Waals surface area contributed by atoms with Gasteiger partial charge < -0.3 is 19.9 Å². The van der Waals surface area contributed by atoms with Crippen LogP contribution in [-0.4, -0.2) is 42.2 Å². The minimum atomic E-state index is -2.63. The first kappa shape index (κ1) is 22.8. The van der Waals surface area contributed by atoms with E-state index in [1.165, 1.54) is 36.5 Å². The summed E-state index contributed by atoms with van der Waals surface area (Å²) < 4.78 is 48.1. The molecule has 0 aliphatic carbocycles. The zero-order chi connectivity index (χ0) is 23.4. The number of rotatable bonds is 8. The number of ether oxygens (including phenoxy) is 2. The van der Waals surface area contributed by atoms with E-state index in [1.54, 1.807) is 24.3 Å². The average molecular weight is 458 g/mol. The van der Waals surface area contributed by atoms with Crippen LogP contribution in [0.25, 0.3) is 11.1 Å². The van der Waals surface area contributed by atoms with E-state index in [1.807, 2.05) is 0 Å². The van der Waals surface area contributed by atoms with Crippen molar-refractivity contribution in [2.75, 3.05) is 25.1 Å². The quantitative estimate of drug-likeness (QED) is 0.535. The van der Waals surface area contributed by atoms with Crippen LogP contribution in [0.3, 0.4) is 0 Å². The number of aromatic nitrogens is 1. The number of hydrogen-bond donors (Lipinski definition) is 2. The maximum absolute atomic E-state index is 13.1. The molecule has 3 aromatic rings. The number of alkyl halides is 2. The number of amides is 1. The molecule has 0 bridgehead atoms. The number of aliphatic hydroxyl groups is 1. The standard InChI is InChI=1S/C24H21F3N2O4/c25-18-5-7-19(8-6-18)29-23(31)24(13-32-14-24)17-3-1-15(2-4-17)20-10-28-22(9-16(20)11-30)33-12-21(26)27/h1-10,21,30H,11-14H2,(H,29,31). The molecule has 4 rings (SSSR count). The lowest BCUT2D eigenvalue weighted by atomic mass is 9.77. The van der Waals surface area contributed by atoms with Gasteiger partial charge >= 0.3 is 0 Å². The molecular formula is C24H21F3N2O4. The molecule has 2 heterocycles. The van der Waals surface area contributed by atoms with Gasteiger partial charge in [-0.2, -0.15) is 0 Å². The molecule has 6 nitrogen and oxygen atoms in total. The molecule has 1 saturated heterocycles. The topological polar surface area (TPSA) is 80.7 Å². The lowest BCUT2D eigenvalue weighted by Crippen LogP contribution is -2.55. The van der Waals surface area contributed by atoms with Gasteiger partial charge in [0.2, 0.25) is 11.8 Å². The van der Waals surface area contributed by atoms with Crippen LogP contribution >= 0.6 is 0 Å². The first-order valence-corrected chi connectivity index (χ1v) is 10.2. The maximum atomic E-state index is 13.1. The van der Waals surface area contributed by atoms with Crippen molar-refractivity contribution in [2.45, 2.75) is 18.4 Å². The number of anilines is 1. The van der Waals surface area contributed by atoms with Gasteiger partial charge in [0.15, 0.2) is 6.61 Å². The summed E-state index contributed by atoms with van der Waals surface area (Å²) in [6.45, 7) is -0.698. The first-order chi connectivity index (χ1) is 15.9. The normalized spacial score (nSPS) is 14.6. The summed E-state index contributed by atoms with van der Waals surface area (Å²) in [6, 6.07) is 14.1. The van der Waals surface area contributed by atoms with E-state index in [9.17, 15) is 23.1 Å². The lowest BCUT2D eigenvalue weighted by molar-refractivity contribution is -0.139. The fourth-order valence-electron chi connectivity index (χ4n) is 3.58. The highest BCUT2D eigenvalue weighted by atomic mass is 19.3. The van der Waals surface area contributed by atoms with E-state index in [0.29, 0.717) is 16.8 Å². The van der Waals surface area contributed by atoms with Crippen LogP contribution < -0.4 is 10.1 Å². The molecule has 0 atom stereocenters. The number of benzene rings is 2. The van der Waals surface area contributed by atoms with Crippen LogP contribution in [0.5, 0.6) is 5.88 Å². The largest absolute Gasteiger partial charge is 0.472 e. The Hall–Kier alpha value is -3.43. The highest BCUT2D eigenvalue weighted by Gasteiger charge is 2.47. The van der Waals surface area contributed by atoms with Crippen LogP contribution in [0.2, 0.25) is 0 Å². The third kappa shape index (κ3) is 4.84. The molecule has 9 heteroatoms. The van der Waals surface area contributed by atoms with Crippen molar-refractivity contribution in [2.24, 2.45) is 0 Å². The molecule has 1 fully saturated rings. The average Bonchev–Trinajstić information content (AvgIpc) is 2.79. The van der Waals surface area contributed by atoms with Gasteiger partial charge in [-0.3, -0.25) is 4.79 Å². The number of carbonyl (C=O) groups excluding carboxylic acids is 1. The molecule has 0 spiro atoms. The van der Waals surface area contributed by atoms with Crippen molar-refractivity contribution in [1.29, 1.82) is 0 Å². The van der Waals surface area contributed by atoms with Crippen LogP contribution in [0, 0.1) is 5.82 Å². The Morgan fingerprint density at radius 1 is 1.15 bits per heavy atom. The minimum absolute atomic E-state index is 0.00255. The Labute approximate surface area is 188 Å². The van der Waals surface area contributed by atoms with Crippen molar-refractivity contribution in [3.05, 3.63) is 77.7 Å². The second kappa shape index (κ2) is 9.60. The maximum Gasteiger partial charge on any atom is 0.272 e. The number of pyridine rings is 1. The van der Waals surface area contributed by atoms with Gasteiger partial charge in [-0.05, 0) is 41.0 Å². The van der Waals surface area contributed by atoms with Gasteiger partial charge in [0, 0.05) is 23.5 Å². The Kier molecular flexibility index (Phi) is 6.62. The lowest BCUT2D eigenvalue weighted by Gasteiger charge is -2.40. The highest BCUT2D eigenvalue weighted by Crippen LogP contribution is 2.36. The van der Waals surface area contributed by atoms with Crippen LogP contribution in [0.1, 0.15) is 11.1 Å². The van der Waals surface area contributed by atoms with Crippen molar-refractivity contribution < 1.29 is 32.5 Å². The Bertz CT molecular complexity index is 1120. The van der Waals surface area contributed by atoms with Crippen molar-refractivity contribution in [1.82, 2.24) is 4.98 Å². The second-order valence-corrected chi connectivity index (χ2v) is 7.65. The van der Waals surface area contributed by atoms with Gasteiger partial charge in [0.25, 0.3) is 6.43 Å². The minimum Gasteiger partial charge on any atom is -0.472 e. The molecule has 33 heavy (non-hydrogen) atoms. The summed E-state index contributed by atoms with van der Waals surface area (Å²) in [7, 11) is 0. The third-order valence-electron chi connectivity index (χ3n) is 5.47. The van der Waals surface area contributed by atoms with Crippen LogP contribution in [0.15, 0.2) is 60.8 Å². The number of nitrogens with zero attached hydrogens (tertiary/aromatic N) is 1. The first-order valence-electron chi connectivity index (χ1n) is 10.2. The summed E-state index contributed by atoms with van der Waals surface area (Å²) in [5.41, 5.74) is 2.16. The molecule has 0 unspecified atom stereocenters. The third-order valence-corrected chi connectivity index (χ3v) is 5.47. The molecule has 1 aliphatic heterocycles. The van der Waals surface area contributed by atoms with Gasteiger partial charge in [-0.25, -0.2) is 18.2 Å². The molecule has 1 amide bonds. The van der Waals surface area contributed by atoms with Crippen molar-refractivity contribution in [3.63, 3.8) is 0 Å². The smallest absolute Gasteiger partial charge is 0.272 e. The predicted octanol–water partition coefficient (Wildman–Crippen LogP) is 3.93. The van der Waals surface area contributed by atoms with Crippen LogP contribution in [-0.2, 0) is 21.6 Å². The van der Waals surface area contributed by atoms with E-state index >= 15 is 0 Å². The van der Waals surface area contributed by atoms with E-state index in [0.717, 1.165) is 11.1 Å². The molecule has 1 aliphatic rings. The van der Waals surface area contributed by atoms with E-state index in [2.05, 4.69) is 10.3 Å². The molecule has 172 valence electrons. The number of carbonyl (C=O) groups is 1. The summed E-state index contributed by atoms with van der Waals surface area (Å²) in [5, 5.41) is 12.5. The van der Waals surface area contributed by atoms with Gasteiger partial charge in [0.1, 0.15) is 11.2 Å².